The van der Waals surface area contributed by atoms with Crippen LogP contribution in [0.5, 0.6) is 0 Å². The maximum atomic E-state index is 14.1. The van der Waals surface area contributed by atoms with E-state index < -0.39 is 41.0 Å². The number of amides is 3. The van der Waals surface area contributed by atoms with Crippen molar-refractivity contribution in [3.8, 4) is 0 Å². The predicted molar refractivity (Wildman–Crippen MR) is 172 cm³/mol. The molecule has 0 spiro atoms. The third-order valence-corrected chi connectivity index (χ3v) is 7.91. The van der Waals surface area contributed by atoms with E-state index in [0.29, 0.717) is 5.57 Å². The quantitative estimate of drug-likeness (QED) is 0.237. The number of benzene rings is 1. The fourth-order valence-electron chi connectivity index (χ4n) is 5.05. The Labute approximate surface area is 258 Å². The highest BCUT2D eigenvalue weighted by atomic mass is 16.4. The van der Waals surface area contributed by atoms with Crippen molar-refractivity contribution in [3.05, 3.63) is 59.7 Å². The zero-order chi connectivity index (χ0) is 33.3. The summed E-state index contributed by atoms with van der Waals surface area (Å²) in [7, 11) is 3.43. The van der Waals surface area contributed by atoms with E-state index in [0.717, 1.165) is 11.6 Å². The van der Waals surface area contributed by atoms with E-state index >= 15 is 0 Å². The van der Waals surface area contributed by atoms with Crippen molar-refractivity contribution in [2.45, 2.75) is 98.8 Å². The molecular weight excluding hydrogens is 544 g/mol. The summed E-state index contributed by atoms with van der Waals surface area (Å²) in [4.78, 5) is 53.5. The number of nitrogens with one attached hydrogen (secondary N) is 3. The van der Waals surface area contributed by atoms with Crippen molar-refractivity contribution < 1.29 is 24.3 Å². The first kappa shape index (κ1) is 37.6. The Balaban J connectivity index is 3.30. The minimum absolute atomic E-state index is 0.0260. The average molecular weight is 599 g/mol. The van der Waals surface area contributed by atoms with E-state index in [9.17, 15) is 19.2 Å². The summed E-state index contributed by atoms with van der Waals surface area (Å²) in [6.45, 7) is 19.1. The van der Waals surface area contributed by atoms with Crippen LogP contribution >= 0.6 is 0 Å². The van der Waals surface area contributed by atoms with E-state index in [2.05, 4.69) is 16.0 Å². The number of hydrogen-bond donors (Lipinski definition) is 4. The normalized spacial score (nSPS) is 15.6. The number of carbonyl (C=O) groups is 4. The second-order valence-corrected chi connectivity index (χ2v) is 13.6. The molecule has 1 aromatic carbocycles. The summed E-state index contributed by atoms with van der Waals surface area (Å²) in [5.74, 6) is -2.04. The first-order valence-corrected chi connectivity index (χ1v) is 15.0. The molecule has 0 aromatic heterocycles. The van der Waals surface area contributed by atoms with Crippen molar-refractivity contribution in [2.75, 3.05) is 14.1 Å². The molecule has 0 aliphatic carbocycles. The molecule has 0 radical (unpaired) electrons. The van der Waals surface area contributed by atoms with Gasteiger partial charge in [0.2, 0.25) is 17.7 Å². The second kappa shape index (κ2) is 15.8. The van der Waals surface area contributed by atoms with Gasteiger partial charge in [0.25, 0.3) is 0 Å². The number of rotatable bonds is 14. The largest absolute Gasteiger partial charge is 0.478 e. The lowest BCUT2D eigenvalue weighted by atomic mass is 9.76. The van der Waals surface area contributed by atoms with Gasteiger partial charge in [-0.15, -0.1) is 0 Å². The highest BCUT2D eigenvalue weighted by Gasteiger charge is 2.41. The third-order valence-electron chi connectivity index (χ3n) is 7.91. The fraction of sp³-hybridized carbons (Fsp3) is 0.588. The van der Waals surface area contributed by atoms with E-state index in [4.69, 9.17) is 5.11 Å². The molecule has 9 nitrogen and oxygen atoms in total. The van der Waals surface area contributed by atoms with Crippen molar-refractivity contribution >= 4 is 23.7 Å². The molecule has 0 aliphatic heterocycles. The Morgan fingerprint density at radius 3 is 1.88 bits per heavy atom. The fourth-order valence-corrected chi connectivity index (χ4v) is 5.05. The summed E-state index contributed by atoms with van der Waals surface area (Å²) in [5, 5.41) is 18.1. The maximum Gasteiger partial charge on any atom is 0.328 e. The molecule has 4 N–H and O–H groups in total. The lowest BCUT2D eigenvalue weighted by Crippen LogP contribution is -2.61. The Morgan fingerprint density at radius 1 is 0.884 bits per heavy atom. The van der Waals surface area contributed by atoms with Gasteiger partial charge in [-0.05, 0) is 36.8 Å². The molecule has 0 aliphatic rings. The molecule has 0 unspecified atom stereocenters. The van der Waals surface area contributed by atoms with Crippen LogP contribution in [0.25, 0.3) is 0 Å². The van der Waals surface area contributed by atoms with Crippen molar-refractivity contribution in [3.63, 3.8) is 0 Å². The number of likely N-dealkylation sites (N-methyl/N-ethyl adjacent to an activating group) is 2. The van der Waals surface area contributed by atoms with E-state index in [1.807, 2.05) is 92.6 Å². The Bertz CT molecular complexity index is 1160. The molecule has 3 amide bonds. The monoisotopic (exact) mass is 598 g/mol. The number of aliphatic carboxylic acids is 1. The van der Waals surface area contributed by atoms with Crippen molar-refractivity contribution in [1.29, 1.82) is 0 Å². The van der Waals surface area contributed by atoms with Gasteiger partial charge in [-0.3, -0.25) is 14.4 Å². The van der Waals surface area contributed by atoms with Crippen LogP contribution in [0.2, 0.25) is 0 Å². The summed E-state index contributed by atoms with van der Waals surface area (Å²) < 4.78 is 0. The summed E-state index contributed by atoms with van der Waals surface area (Å²) in [6.07, 6.45) is 4.24. The molecule has 0 bridgehead atoms. The molecule has 1 rings (SSSR count). The summed E-state index contributed by atoms with van der Waals surface area (Å²) in [5.41, 5.74) is 0.245. The molecule has 0 saturated carbocycles. The van der Waals surface area contributed by atoms with Crippen molar-refractivity contribution in [2.24, 2.45) is 17.3 Å². The zero-order valence-electron chi connectivity index (χ0n) is 28.1. The van der Waals surface area contributed by atoms with Gasteiger partial charge in [-0.25, -0.2) is 4.79 Å². The topological polar surface area (TPSA) is 128 Å². The molecular formula is C34H54N4O5. The Hall–Kier alpha value is -3.46. The van der Waals surface area contributed by atoms with Gasteiger partial charge in [0.1, 0.15) is 6.04 Å². The number of carboxylic acids is 1. The Kier molecular flexibility index (Phi) is 13.8. The van der Waals surface area contributed by atoms with Gasteiger partial charge in [-0.2, -0.15) is 0 Å². The van der Waals surface area contributed by atoms with E-state index in [-0.39, 0.29) is 29.6 Å². The van der Waals surface area contributed by atoms with Crippen LogP contribution in [-0.2, 0) is 24.6 Å². The number of hydrogen-bond acceptors (Lipinski definition) is 5. The molecule has 0 saturated heterocycles. The molecule has 43 heavy (non-hydrogen) atoms. The van der Waals surface area contributed by atoms with Crippen LogP contribution < -0.4 is 16.0 Å². The Morgan fingerprint density at radius 2 is 1.44 bits per heavy atom. The van der Waals surface area contributed by atoms with Gasteiger partial charge >= 0.3 is 5.97 Å². The molecule has 9 heteroatoms. The smallest absolute Gasteiger partial charge is 0.328 e. The predicted octanol–water partition coefficient (Wildman–Crippen LogP) is 4.29. The van der Waals surface area contributed by atoms with Gasteiger partial charge < -0.3 is 26.0 Å². The number of nitrogens with zero attached hydrogens (tertiary/aromatic N) is 1. The van der Waals surface area contributed by atoms with Crippen LogP contribution in [-0.4, -0.2) is 72.0 Å². The standard InChI is InChI=1S/C34H54N4O5/c1-21(2)25(18-19-27(39)40)36-30(41)23(5)20-26(22(3)4)38(12)32(43)29(33(6,7)8)37-31(42)28(35-11)34(9,10)24-16-14-13-15-17-24/h13-22,25-26,28-29,35H,1-12H3,(H,36,41)(H,37,42)(H,39,40)/t25-,26-,28-,29-/m1/s1. The zero-order valence-corrected chi connectivity index (χ0v) is 28.1. The van der Waals surface area contributed by atoms with Gasteiger partial charge in [0, 0.05) is 24.1 Å². The summed E-state index contributed by atoms with van der Waals surface area (Å²) >= 11 is 0. The first-order chi connectivity index (χ1) is 19.7. The number of carboxylic acid groups (broad SMARTS) is 1. The maximum absolute atomic E-state index is 14.1. The second-order valence-electron chi connectivity index (χ2n) is 13.6. The van der Waals surface area contributed by atoms with Gasteiger partial charge in [-0.1, -0.05) is 105 Å². The van der Waals surface area contributed by atoms with Crippen LogP contribution in [0.15, 0.2) is 54.1 Å². The highest BCUT2D eigenvalue weighted by molar-refractivity contribution is 5.94. The molecule has 0 heterocycles. The minimum Gasteiger partial charge on any atom is -0.478 e. The minimum atomic E-state index is -1.09. The molecule has 1 aromatic rings. The van der Waals surface area contributed by atoms with Crippen LogP contribution in [0.3, 0.4) is 0 Å². The van der Waals surface area contributed by atoms with Crippen LogP contribution in [0, 0.1) is 17.3 Å². The highest BCUT2D eigenvalue weighted by Crippen LogP contribution is 2.29. The van der Waals surface area contributed by atoms with Gasteiger partial charge in [0.15, 0.2) is 0 Å². The molecule has 4 atom stereocenters. The molecule has 0 fully saturated rings. The summed E-state index contributed by atoms with van der Waals surface area (Å²) in [6, 6.07) is 7.45. The van der Waals surface area contributed by atoms with Crippen LogP contribution in [0.4, 0.5) is 0 Å². The number of carbonyl (C=O) groups excluding carboxylic acids is 3. The van der Waals surface area contributed by atoms with Crippen LogP contribution in [0.1, 0.15) is 74.8 Å². The lowest BCUT2D eigenvalue weighted by Gasteiger charge is -2.40. The average Bonchev–Trinajstić information content (AvgIpc) is 2.91. The lowest BCUT2D eigenvalue weighted by molar-refractivity contribution is -0.141. The third kappa shape index (κ3) is 10.6. The van der Waals surface area contributed by atoms with E-state index in [1.165, 1.54) is 6.08 Å². The molecule has 240 valence electrons. The van der Waals surface area contributed by atoms with Gasteiger partial charge in [0.05, 0.1) is 18.1 Å². The van der Waals surface area contributed by atoms with Crippen molar-refractivity contribution in [1.82, 2.24) is 20.9 Å². The SMILES string of the molecule is CN[C@H](C(=O)N[C@H](C(=O)N(C)[C@H](C=C(C)C(=O)N[C@H](C=CC(=O)O)C(C)C)C(C)C)C(C)(C)C)C(C)(C)c1ccccc1. The van der Waals surface area contributed by atoms with E-state index in [1.54, 1.807) is 32.0 Å². The first-order valence-electron chi connectivity index (χ1n) is 15.0.